The molecule has 9 nitrogen and oxygen atoms in total. The normalized spacial score (nSPS) is 14.7. The Hall–Kier alpha value is -3.85. The van der Waals surface area contributed by atoms with Gasteiger partial charge in [-0.05, 0) is 47.9 Å². The summed E-state index contributed by atoms with van der Waals surface area (Å²) in [5.74, 6) is -0.586. The zero-order chi connectivity index (χ0) is 22.7. The summed E-state index contributed by atoms with van der Waals surface area (Å²) in [5.41, 5.74) is 2.64. The lowest BCUT2D eigenvalue weighted by Crippen LogP contribution is -2.24. The highest BCUT2D eigenvalue weighted by atomic mass is 35.5. The second kappa shape index (κ2) is 9.11. The van der Waals surface area contributed by atoms with Crippen molar-refractivity contribution < 1.29 is 19.4 Å². The molecule has 1 atom stereocenters. The van der Waals surface area contributed by atoms with E-state index in [1.807, 2.05) is 42.5 Å². The molecular formula is C22H19ClN5O4-. The van der Waals surface area contributed by atoms with Crippen LogP contribution in [0, 0.1) is 0 Å². The Kier molecular flexibility index (Phi) is 6.09. The monoisotopic (exact) mass is 452 g/mol. The molecule has 1 aliphatic rings. The molecule has 1 amide bonds. The molecule has 0 unspecified atom stereocenters. The Balaban J connectivity index is 1.67. The van der Waals surface area contributed by atoms with E-state index < -0.39 is 11.9 Å². The van der Waals surface area contributed by atoms with Crippen LogP contribution in [0.3, 0.4) is 0 Å². The van der Waals surface area contributed by atoms with Crippen LogP contribution in [0.15, 0.2) is 54.6 Å². The lowest BCUT2D eigenvalue weighted by atomic mass is 10.0. The molecule has 3 aromatic rings. The number of aromatic nitrogens is 3. The van der Waals surface area contributed by atoms with Crippen LogP contribution in [0.2, 0.25) is 5.02 Å². The smallest absolute Gasteiger partial charge is 0.250 e. The summed E-state index contributed by atoms with van der Waals surface area (Å²) in [6.45, 7) is 0. The molecule has 10 heteroatoms. The molecule has 4 rings (SSSR count). The maximum atomic E-state index is 12.0. The number of nitrogens with zero attached hydrogens (tertiary/aromatic N) is 3. The van der Waals surface area contributed by atoms with Gasteiger partial charge in [-0.2, -0.15) is 4.98 Å². The van der Waals surface area contributed by atoms with Crippen molar-refractivity contribution in [1.29, 1.82) is 0 Å². The standard InChI is InChI=1S/C22H20ClN5O4/c1-32-16-8-4-14(5-9-16)18-12-17(13-2-6-15(23)7-3-13)24-22-26-21(27-28(18)22)25-19(29)10-11-20(30)31/h2-9,12,18H,10-11H2,1H3,(H,30,31)(H2,24,25,26,27,29)/p-1/t18-/m1/s1. The SMILES string of the molecule is COc1ccc([C@H]2C=C(c3ccc(Cl)cc3)Nc3nc(NC(=O)CCC(=O)[O-])nn32)cc1. The van der Waals surface area contributed by atoms with E-state index in [1.165, 1.54) is 0 Å². The van der Waals surface area contributed by atoms with E-state index in [0.717, 1.165) is 22.6 Å². The van der Waals surface area contributed by atoms with Crippen molar-refractivity contribution in [2.45, 2.75) is 18.9 Å². The summed E-state index contributed by atoms with van der Waals surface area (Å²) >= 11 is 6.02. The van der Waals surface area contributed by atoms with Gasteiger partial charge in [0, 0.05) is 23.1 Å². The number of nitrogens with one attached hydrogen (secondary N) is 2. The molecule has 0 fully saturated rings. The van der Waals surface area contributed by atoms with Crippen molar-refractivity contribution in [2.24, 2.45) is 0 Å². The van der Waals surface area contributed by atoms with Crippen LogP contribution in [0.4, 0.5) is 11.9 Å². The highest BCUT2D eigenvalue weighted by molar-refractivity contribution is 6.30. The maximum Gasteiger partial charge on any atom is 0.250 e. The van der Waals surface area contributed by atoms with E-state index in [0.29, 0.717) is 11.0 Å². The Morgan fingerprint density at radius 1 is 1.16 bits per heavy atom. The number of aliphatic carboxylic acids is 1. The van der Waals surface area contributed by atoms with E-state index in [9.17, 15) is 14.7 Å². The first-order valence-corrected chi connectivity index (χ1v) is 10.2. The van der Waals surface area contributed by atoms with Crippen molar-refractivity contribution in [3.05, 3.63) is 70.8 Å². The van der Waals surface area contributed by atoms with Gasteiger partial charge in [-0.3, -0.25) is 10.1 Å². The third kappa shape index (κ3) is 4.73. The van der Waals surface area contributed by atoms with Crippen LogP contribution in [-0.2, 0) is 9.59 Å². The van der Waals surface area contributed by atoms with Crippen molar-refractivity contribution in [2.75, 3.05) is 17.7 Å². The van der Waals surface area contributed by atoms with E-state index in [1.54, 1.807) is 23.9 Å². The molecule has 1 aliphatic heterocycles. The van der Waals surface area contributed by atoms with Crippen molar-refractivity contribution in [3.8, 4) is 5.75 Å². The number of benzene rings is 2. The van der Waals surface area contributed by atoms with Gasteiger partial charge >= 0.3 is 0 Å². The van der Waals surface area contributed by atoms with E-state index >= 15 is 0 Å². The van der Waals surface area contributed by atoms with Gasteiger partial charge in [-0.15, -0.1) is 5.10 Å². The number of carbonyl (C=O) groups excluding carboxylic acids is 2. The largest absolute Gasteiger partial charge is 0.550 e. The second-order valence-corrected chi connectivity index (χ2v) is 7.49. The number of hydrogen-bond acceptors (Lipinski definition) is 7. The number of rotatable bonds is 7. The molecule has 2 heterocycles. The number of ether oxygens (including phenoxy) is 1. The van der Waals surface area contributed by atoms with Gasteiger partial charge in [-0.1, -0.05) is 35.9 Å². The number of carboxylic acid groups (broad SMARTS) is 1. The molecule has 0 saturated carbocycles. The molecule has 164 valence electrons. The van der Waals surface area contributed by atoms with E-state index in [2.05, 4.69) is 20.7 Å². The molecule has 2 aromatic carbocycles. The van der Waals surface area contributed by atoms with Crippen molar-refractivity contribution in [3.63, 3.8) is 0 Å². The molecule has 32 heavy (non-hydrogen) atoms. The Bertz CT molecular complexity index is 1170. The summed E-state index contributed by atoms with van der Waals surface area (Å²) in [4.78, 5) is 27.0. The van der Waals surface area contributed by atoms with Gasteiger partial charge in [0.05, 0.1) is 7.11 Å². The van der Waals surface area contributed by atoms with Gasteiger partial charge in [0.1, 0.15) is 11.8 Å². The van der Waals surface area contributed by atoms with Crippen molar-refractivity contribution in [1.82, 2.24) is 14.8 Å². The number of amides is 1. The highest BCUT2D eigenvalue weighted by Crippen LogP contribution is 2.34. The Labute approximate surface area is 188 Å². The average molecular weight is 453 g/mol. The van der Waals surface area contributed by atoms with Crippen LogP contribution >= 0.6 is 11.6 Å². The third-order valence-electron chi connectivity index (χ3n) is 4.89. The third-order valence-corrected chi connectivity index (χ3v) is 5.14. The summed E-state index contributed by atoms with van der Waals surface area (Å²) in [7, 11) is 1.60. The summed E-state index contributed by atoms with van der Waals surface area (Å²) in [6, 6.07) is 14.6. The fourth-order valence-electron chi connectivity index (χ4n) is 3.29. The van der Waals surface area contributed by atoms with Crippen LogP contribution in [0.25, 0.3) is 5.70 Å². The first kappa shape index (κ1) is 21.4. The number of anilines is 2. The number of fused-ring (bicyclic) bond motifs is 1. The minimum atomic E-state index is -1.30. The molecule has 0 radical (unpaired) electrons. The highest BCUT2D eigenvalue weighted by Gasteiger charge is 2.26. The summed E-state index contributed by atoms with van der Waals surface area (Å²) < 4.78 is 6.89. The van der Waals surface area contributed by atoms with E-state index in [4.69, 9.17) is 16.3 Å². The Morgan fingerprint density at radius 3 is 2.53 bits per heavy atom. The summed E-state index contributed by atoms with van der Waals surface area (Å²) in [6.07, 6.45) is 1.39. The Morgan fingerprint density at radius 2 is 1.88 bits per heavy atom. The minimum absolute atomic E-state index is 0.0696. The average Bonchev–Trinajstić information content (AvgIpc) is 3.20. The molecule has 0 aliphatic carbocycles. The van der Waals surface area contributed by atoms with Gasteiger partial charge < -0.3 is 20.0 Å². The second-order valence-electron chi connectivity index (χ2n) is 7.05. The predicted octanol–water partition coefficient (Wildman–Crippen LogP) is 2.46. The number of hydrogen-bond donors (Lipinski definition) is 2. The topological polar surface area (TPSA) is 121 Å². The number of carbonyl (C=O) groups is 2. The quantitative estimate of drug-likeness (QED) is 0.564. The number of allylic oxidation sites excluding steroid dienone is 1. The lowest BCUT2D eigenvalue weighted by Gasteiger charge is -2.24. The molecule has 2 N–H and O–H groups in total. The zero-order valence-electron chi connectivity index (χ0n) is 17.0. The number of methoxy groups -OCH3 is 1. The van der Waals surface area contributed by atoms with E-state index in [-0.39, 0.29) is 24.8 Å². The number of carboxylic acids is 1. The van der Waals surface area contributed by atoms with Gasteiger partial charge in [0.25, 0.3) is 5.95 Å². The molecule has 0 saturated heterocycles. The minimum Gasteiger partial charge on any atom is -0.550 e. The fourth-order valence-corrected chi connectivity index (χ4v) is 3.41. The van der Waals surface area contributed by atoms with Crippen molar-refractivity contribution >= 4 is 41.1 Å². The van der Waals surface area contributed by atoms with Gasteiger partial charge in [-0.25, -0.2) is 4.68 Å². The maximum absolute atomic E-state index is 12.0. The summed E-state index contributed by atoms with van der Waals surface area (Å²) in [5, 5.41) is 21.4. The van der Waals surface area contributed by atoms with Crippen LogP contribution in [0.1, 0.15) is 30.0 Å². The number of halogens is 1. The van der Waals surface area contributed by atoms with Gasteiger partial charge in [0.15, 0.2) is 0 Å². The van der Waals surface area contributed by atoms with Crippen LogP contribution in [-0.4, -0.2) is 33.8 Å². The zero-order valence-corrected chi connectivity index (χ0v) is 17.8. The molecular weight excluding hydrogens is 434 g/mol. The first-order valence-electron chi connectivity index (χ1n) is 9.78. The lowest BCUT2D eigenvalue weighted by molar-refractivity contribution is -0.305. The molecule has 1 aromatic heterocycles. The molecule has 0 spiro atoms. The predicted molar refractivity (Wildman–Crippen MR) is 117 cm³/mol. The fraction of sp³-hybridized carbons (Fsp3) is 0.182. The van der Waals surface area contributed by atoms with Gasteiger partial charge in [0.2, 0.25) is 11.9 Å². The molecule has 0 bridgehead atoms. The first-order chi connectivity index (χ1) is 15.4. The van der Waals surface area contributed by atoms with Crippen LogP contribution in [0.5, 0.6) is 5.75 Å². The van der Waals surface area contributed by atoms with Crippen LogP contribution < -0.4 is 20.5 Å².